The van der Waals surface area contributed by atoms with E-state index in [4.69, 9.17) is 4.42 Å². The fraction of sp³-hybridized carbons (Fsp3) is 0.769. The molecule has 5 nitrogen and oxygen atoms in total. The van der Waals surface area contributed by atoms with Crippen molar-refractivity contribution in [3.63, 3.8) is 0 Å². The van der Waals surface area contributed by atoms with Crippen molar-refractivity contribution in [2.24, 2.45) is 0 Å². The number of carbonyl (C=O) groups is 1. The van der Waals surface area contributed by atoms with Gasteiger partial charge in [0.1, 0.15) is 0 Å². The van der Waals surface area contributed by atoms with Crippen molar-refractivity contribution in [3.8, 4) is 0 Å². The first-order valence-corrected chi connectivity index (χ1v) is 7.20. The maximum Gasteiger partial charge on any atom is 0.277 e. The molecule has 1 rings (SSSR count). The molecule has 19 heavy (non-hydrogen) atoms. The van der Waals surface area contributed by atoms with Crippen molar-refractivity contribution in [3.05, 3.63) is 5.89 Å². The van der Waals surface area contributed by atoms with Crippen LogP contribution in [0, 0.1) is 0 Å². The van der Waals surface area contributed by atoms with Crippen LogP contribution in [0.15, 0.2) is 9.64 Å². The SMILES string of the molecule is CC(Sc1nnc(C(C)(C)C)o1)C(=O)NC(C)(C)C. The molecule has 0 aromatic carbocycles. The van der Waals surface area contributed by atoms with E-state index in [9.17, 15) is 4.79 Å². The van der Waals surface area contributed by atoms with Gasteiger partial charge in [-0.15, -0.1) is 10.2 Å². The van der Waals surface area contributed by atoms with Crippen LogP contribution < -0.4 is 5.32 Å². The number of hydrogen-bond acceptors (Lipinski definition) is 5. The van der Waals surface area contributed by atoms with Crippen LogP contribution in [0.1, 0.15) is 54.4 Å². The maximum atomic E-state index is 11.9. The van der Waals surface area contributed by atoms with Gasteiger partial charge in [-0.2, -0.15) is 0 Å². The normalized spacial score (nSPS) is 14.3. The second-order valence-corrected chi connectivity index (χ2v) is 7.91. The topological polar surface area (TPSA) is 68.0 Å². The summed E-state index contributed by atoms with van der Waals surface area (Å²) in [5.74, 6) is 0.548. The molecule has 0 aliphatic heterocycles. The summed E-state index contributed by atoms with van der Waals surface area (Å²) in [7, 11) is 0. The molecule has 1 atom stereocenters. The molecule has 1 N–H and O–H groups in total. The quantitative estimate of drug-likeness (QED) is 0.865. The average molecular weight is 285 g/mol. The molecule has 1 heterocycles. The Bertz CT molecular complexity index is 443. The number of nitrogens with one attached hydrogen (secondary N) is 1. The van der Waals surface area contributed by atoms with E-state index in [1.807, 2.05) is 48.5 Å². The van der Waals surface area contributed by atoms with Gasteiger partial charge in [-0.1, -0.05) is 32.5 Å². The largest absolute Gasteiger partial charge is 0.415 e. The van der Waals surface area contributed by atoms with E-state index in [1.54, 1.807) is 0 Å². The van der Waals surface area contributed by atoms with Gasteiger partial charge in [-0.25, -0.2) is 0 Å². The summed E-state index contributed by atoms with van der Waals surface area (Å²) in [6.45, 7) is 13.7. The molecule has 0 bridgehead atoms. The molecule has 1 unspecified atom stereocenters. The van der Waals surface area contributed by atoms with Crippen LogP contribution in [0.4, 0.5) is 0 Å². The number of aromatic nitrogens is 2. The highest BCUT2D eigenvalue weighted by atomic mass is 32.2. The molecule has 0 aliphatic carbocycles. The monoisotopic (exact) mass is 285 g/mol. The number of rotatable bonds is 3. The fourth-order valence-electron chi connectivity index (χ4n) is 1.24. The van der Waals surface area contributed by atoms with Crippen molar-refractivity contribution >= 4 is 17.7 Å². The van der Waals surface area contributed by atoms with Crippen LogP contribution in [0.25, 0.3) is 0 Å². The van der Waals surface area contributed by atoms with Gasteiger partial charge in [0, 0.05) is 11.0 Å². The van der Waals surface area contributed by atoms with E-state index in [2.05, 4.69) is 15.5 Å². The summed E-state index contributed by atoms with van der Waals surface area (Å²) in [5, 5.41) is 11.1. The third-order valence-corrected chi connectivity index (χ3v) is 3.13. The highest BCUT2D eigenvalue weighted by molar-refractivity contribution is 8.00. The molecule has 0 radical (unpaired) electrons. The van der Waals surface area contributed by atoms with E-state index in [0.717, 1.165) is 0 Å². The first-order chi connectivity index (χ1) is 8.49. The summed E-state index contributed by atoms with van der Waals surface area (Å²) < 4.78 is 5.56. The van der Waals surface area contributed by atoms with Crippen LogP contribution in [-0.4, -0.2) is 26.9 Å². The summed E-state index contributed by atoms with van der Waals surface area (Å²) >= 11 is 1.28. The molecule has 0 aliphatic rings. The molecular weight excluding hydrogens is 262 g/mol. The molecule has 1 amide bonds. The second kappa shape index (κ2) is 5.53. The summed E-state index contributed by atoms with van der Waals surface area (Å²) in [6, 6.07) is 0. The zero-order chi connectivity index (χ0) is 14.8. The van der Waals surface area contributed by atoms with Crippen LogP contribution in [0.3, 0.4) is 0 Å². The smallest absolute Gasteiger partial charge is 0.277 e. The Kier molecular flexibility index (Phi) is 4.66. The maximum absolute atomic E-state index is 11.9. The van der Waals surface area contributed by atoms with Crippen LogP contribution in [0.2, 0.25) is 0 Å². The predicted octanol–water partition coefficient (Wildman–Crippen LogP) is 2.76. The zero-order valence-electron chi connectivity index (χ0n) is 12.7. The third-order valence-electron chi connectivity index (χ3n) is 2.19. The van der Waals surface area contributed by atoms with Crippen LogP contribution >= 0.6 is 11.8 Å². The van der Waals surface area contributed by atoms with Gasteiger partial charge in [0.05, 0.1) is 5.25 Å². The Labute approximate surface area is 118 Å². The third kappa shape index (κ3) is 5.22. The van der Waals surface area contributed by atoms with Crippen molar-refractivity contribution in [1.82, 2.24) is 15.5 Å². The van der Waals surface area contributed by atoms with Gasteiger partial charge in [-0.3, -0.25) is 4.79 Å². The Balaban J connectivity index is 2.65. The number of hydrogen-bond donors (Lipinski definition) is 1. The number of amides is 1. The fourth-order valence-corrected chi connectivity index (χ4v) is 1.92. The molecule has 0 saturated heterocycles. The molecule has 0 saturated carbocycles. The Morgan fingerprint density at radius 1 is 1.21 bits per heavy atom. The average Bonchev–Trinajstić information content (AvgIpc) is 2.62. The standard InChI is InChI=1S/C13H23N3O2S/c1-8(9(17)14-13(5,6)7)19-11-16-15-10(18-11)12(2,3)4/h8H,1-7H3,(H,14,17). The lowest BCUT2D eigenvalue weighted by Crippen LogP contribution is -2.44. The van der Waals surface area contributed by atoms with Crippen molar-refractivity contribution in [2.75, 3.05) is 0 Å². The lowest BCUT2D eigenvalue weighted by atomic mass is 9.97. The molecule has 1 aromatic rings. The van der Waals surface area contributed by atoms with E-state index < -0.39 is 0 Å². The van der Waals surface area contributed by atoms with Gasteiger partial charge in [0.25, 0.3) is 5.22 Å². The molecule has 1 aromatic heterocycles. The number of nitrogens with zero attached hydrogens (tertiary/aromatic N) is 2. The molecular formula is C13H23N3O2S. The van der Waals surface area contributed by atoms with Crippen molar-refractivity contribution < 1.29 is 9.21 Å². The Morgan fingerprint density at radius 2 is 1.79 bits per heavy atom. The minimum atomic E-state index is -0.271. The van der Waals surface area contributed by atoms with Crippen molar-refractivity contribution in [1.29, 1.82) is 0 Å². The molecule has 108 valence electrons. The predicted molar refractivity (Wildman–Crippen MR) is 76.2 cm³/mol. The minimum absolute atomic E-state index is 0.0343. The Hall–Kier alpha value is -1.04. The van der Waals surface area contributed by atoms with Crippen molar-refractivity contribution in [2.45, 2.75) is 69.9 Å². The zero-order valence-corrected chi connectivity index (χ0v) is 13.5. The van der Waals surface area contributed by atoms with Gasteiger partial charge < -0.3 is 9.73 Å². The first-order valence-electron chi connectivity index (χ1n) is 6.32. The van der Waals surface area contributed by atoms with E-state index in [1.165, 1.54) is 11.8 Å². The van der Waals surface area contributed by atoms with Crippen LogP contribution in [-0.2, 0) is 10.2 Å². The Morgan fingerprint density at radius 3 is 2.21 bits per heavy atom. The summed E-state index contributed by atoms with van der Waals surface area (Å²) in [6.07, 6.45) is 0. The lowest BCUT2D eigenvalue weighted by Gasteiger charge is -2.22. The van der Waals surface area contributed by atoms with Gasteiger partial charge >= 0.3 is 0 Å². The number of thioether (sulfide) groups is 1. The molecule has 0 fully saturated rings. The summed E-state index contributed by atoms with van der Waals surface area (Å²) in [5.41, 5.74) is -0.417. The summed E-state index contributed by atoms with van der Waals surface area (Å²) in [4.78, 5) is 11.9. The van der Waals surface area contributed by atoms with E-state index in [0.29, 0.717) is 11.1 Å². The highest BCUT2D eigenvalue weighted by Crippen LogP contribution is 2.27. The minimum Gasteiger partial charge on any atom is -0.415 e. The van der Waals surface area contributed by atoms with E-state index >= 15 is 0 Å². The van der Waals surface area contributed by atoms with E-state index in [-0.39, 0.29) is 22.1 Å². The van der Waals surface area contributed by atoms with Crippen LogP contribution in [0.5, 0.6) is 0 Å². The second-order valence-electron chi connectivity index (χ2n) is 6.62. The first kappa shape index (κ1) is 16.0. The lowest BCUT2D eigenvalue weighted by molar-refractivity contribution is -0.121. The van der Waals surface area contributed by atoms with Gasteiger partial charge in [0.2, 0.25) is 11.8 Å². The van der Waals surface area contributed by atoms with Gasteiger partial charge in [-0.05, 0) is 27.7 Å². The highest BCUT2D eigenvalue weighted by Gasteiger charge is 2.25. The number of carbonyl (C=O) groups excluding carboxylic acids is 1. The van der Waals surface area contributed by atoms with Gasteiger partial charge in [0.15, 0.2) is 0 Å². The molecule has 6 heteroatoms. The molecule has 0 spiro atoms.